The Balaban J connectivity index is 1.86. The highest BCUT2D eigenvalue weighted by atomic mass is 35.5. The van der Waals surface area contributed by atoms with E-state index in [2.05, 4.69) is 5.32 Å². The predicted molar refractivity (Wildman–Crippen MR) is 107 cm³/mol. The van der Waals surface area contributed by atoms with Crippen LogP contribution in [-0.2, 0) is 4.74 Å². The first-order valence-corrected chi connectivity index (χ1v) is 9.44. The minimum Gasteiger partial charge on any atom is -0.465 e. The normalized spacial score (nSPS) is 10.7. The molecule has 8 heteroatoms. The number of nitrogens with one attached hydrogen (secondary N) is 1. The summed E-state index contributed by atoms with van der Waals surface area (Å²) in [5.41, 5.74) is 1.82. The molecule has 3 rings (SSSR count). The van der Waals surface area contributed by atoms with Gasteiger partial charge in [0.1, 0.15) is 10.8 Å². The number of aryl methyl sites for hydroxylation is 1. The van der Waals surface area contributed by atoms with Crippen LogP contribution in [0.1, 0.15) is 31.4 Å². The molecule has 27 heavy (non-hydrogen) atoms. The van der Waals surface area contributed by atoms with Crippen LogP contribution in [0.5, 0.6) is 0 Å². The van der Waals surface area contributed by atoms with E-state index in [9.17, 15) is 9.59 Å². The molecule has 0 atom stereocenters. The van der Waals surface area contributed by atoms with Crippen molar-refractivity contribution >= 4 is 51.4 Å². The first kappa shape index (κ1) is 19.5. The highest BCUT2D eigenvalue weighted by molar-refractivity contribution is 7.16. The third kappa shape index (κ3) is 3.88. The van der Waals surface area contributed by atoms with Crippen LogP contribution >= 0.6 is 34.5 Å². The molecule has 0 fully saturated rings. The van der Waals surface area contributed by atoms with E-state index in [1.54, 1.807) is 30.3 Å². The Morgan fingerprint density at radius 2 is 1.85 bits per heavy atom. The zero-order valence-corrected chi connectivity index (χ0v) is 17.0. The van der Waals surface area contributed by atoms with Crippen molar-refractivity contribution in [2.24, 2.45) is 0 Å². The SMILES string of the molecule is COC(=O)c1c(NC(=O)c2ccc(-c3ccc(Cl)c(Cl)c3)o2)sc(C)c1C. The lowest BCUT2D eigenvalue weighted by Crippen LogP contribution is -2.13. The Morgan fingerprint density at radius 1 is 1.11 bits per heavy atom. The second-order valence-corrected chi connectivity index (χ2v) is 7.77. The number of amides is 1. The number of benzene rings is 1. The second kappa shape index (κ2) is 7.76. The fraction of sp³-hybridized carbons (Fsp3) is 0.158. The van der Waals surface area contributed by atoms with Crippen molar-refractivity contribution in [1.82, 2.24) is 0 Å². The van der Waals surface area contributed by atoms with Crippen molar-refractivity contribution in [2.45, 2.75) is 13.8 Å². The molecule has 0 radical (unpaired) electrons. The highest BCUT2D eigenvalue weighted by Gasteiger charge is 2.23. The summed E-state index contributed by atoms with van der Waals surface area (Å²) < 4.78 is 10.4. The highest BCUT2D eigenvalue weighted by Crippen LogP contribution is 2.34. The lowest BCUT2D eigenvalue weighted by molar-refractivity contribution is 0.0601. The van der Waals surface area contributed by atoms with E-state index in [0.29, 0.717) is 31.9 Å². The fourth-order valence-electron chi connectivity index (χ4n) is 2.49. The van der Waals surface area contributed by atoms with Crippen LogP contribution < -0.4 is 5.32 Å². The molecule has 0 saturated heterocycles. The first-order chi connectivity index (χ1) is 12.8. The number of ether oxygens (including phenoxy) is 1. The lowest BCUT2D eigenvalue weighted by Gasteiger charge is -2.05. The Morgan fingerprint density at radius 3 is 2.52 bits per heavy atom. The molecule has 0 saturated carbocycles. The van der Waals surface area contributed by atoms with Gasteiger partial charge in [0.25, 0.3) is 5.91 Å². The van der Waals surface area contributed by atoms with Gasteiger partial charge in [-0.1, -0.05) is 23.2 Å². The van der Waals surface area contributed by atoms with Gasteiger partial charge in [-0.15, -0.1) is 11.3 Å². The predicted octanol–water partition coefficient (Wildman–Crippen LogP) is 5.97. The van der Waals surface area contributed by atoms with Gasteiger partial charge in [-0.25, -0.2) is 4.79 Å². The largest absolute Gasteiger partial charge is 0.465 e. The van der Waals surface area contributed by atoms with Gasteiger partial charge in [0.15, 0.2) is 5.76 Å². The van der Waals surface area contributed by atoms with Crippen LogP contribution in [0, 0.1) is 13.8 Å². The maximum Gasteiger partial charge on any atom is 0.341 e. The molecular formula is C19H15Cl2NO4S. The summed E-state index contributed by atoms with van der Waals surface area (Å²) in [6.07, 6.45) is 0. The van der Waals surface area contributed by atoms with E-state index < -0.39 is 11.9 Å². The van der Waals surface area contributed by atoms with Crippen LogP contribution in [0.25, 0.3) is 11.3 Å². The second-order valence-electron chi connectivity index (χ2n) is 5.73. The number of carbonyl (C=O) groups excluding carboxylic acids is 2. The van der Waals surface area contributed by atoms with E-state index in [0.717, 1.165) is 10.4 Å². The average Bonchev–Trinajstić information content (AvgIpc) is 3.23. The third-order valence-corrected chi connectivity index (χ3v) is 5.90. The Bertz CT molecular complexity index is 1040. The molecule has 3 aromatic rings. The standard InChI is InChI=1S/C19H15Cl2NO4S/c1-9-10(2)27-18(16(9)19(24)25-3)22-17(23)15-7-6-14(26-15)11-4-5-12(20)13(21)8-11/h4-8H,1-3H3,(H,22,23). The van der Waals surface area contributed by atoms with Gasteiger partial charge >= 0.3 is 5.97 Å². The van der Waals surface area contributed by atoms with E-state index in [4.69, 9.17) is 32.4 Å². The minimum atomic E-state index is -0.497. The van der Waals surface area contributed by atoms with Crippen molar-refractivity contribution in [3.63, 3.8) is 0 Å². The number of thiophene rings is 1. The molecular weight excluding hydrogens is 409 g/mol. The summed E-state index contributed by atoms with van der Waals surface area (Å²) in [5, 5.41) is 3.98. The molecule has 1 aromatic carbocycles. The van der Waals surface area contributed by atoms with Crippen LogP contribution in [0.15, 0.2) is 34.7 Å². The van der Waals surface area contributed by atoms with Gasteiger partial charge in [0, 0.05) is 10.4 Å². The molecule has 0 aliphatic carbocycles. The molecule has 0 aliphatic heterocycles. The number of carbonyl (C=O) groups is 2. The summed E-state index contributed by atoms with van der Waals surface area (Å²) >= 11 is 13.2. The number of furan rings is 1. The lowest BCUT2D eigenvalue weighted by atomic mass is 10.1. The molecule has 0 unspecified atom stereocenters. The van der Waals surface area contributed by atoms with Gasteiger partial charge in [-0.05, 0) is 49.7 Å². The minimum absolute atomic E-state index is 0.107. The fourth-order valence-corrected chi connectivity index (χ4v) is 3.83. The maximum atomic E-state index is 12.6. The first-order valence-electron chi connectivity index (χ1n) is 7.86. The molecule has 140 valence electrons. The Hall–Kier alpha value is -2.28. The molecule has 1 amide bonds. The number of esters is 1. The van der Waals surface area contributed by atoms with Gasteiger partial charge in [-0.2, -0.15) is 0 Å². The van der Waals surface area contributed by atoms with Crippen molar-refractivity contribution in [3.05, 3.63) is 62.1 Å². The molecule has 0 aliphatic rings. The van der Waals surface area contributed by atoms with Crippen LogP contribution in [0.3, 0.4) is 0 Å². The van der Waals surface area contributed by atoms with Crippen molar-refractivity contribution in [3.8, 4) is 11.3 Å². The summed E-state index contributed by atoms with van der Waals surface area (Å²) in [4.78, 5) is 25.5. The monoisotopic (exact) mass is 423 g/mol. The number of methoxy groups -OCH3 is 1. The van der Waals surface area contributed by atoms with Gasteiger partial charge in [0.05, 0.1) is 22.7 Å². The van der Waals surface area contributed by atoms with Crippen molar-refractivity contribution in [2.75, 3.05) is 12.4 Å². The van der Waals surface area contributed by atoms with E-state index >= 15 is 0 Å². The summed E-state index contributed by atoms with van der Waals surface area (Å²) in [7, 11) is 1.30. The van der Waals surface area contributed by atoms with E-state index in [1.807, 2.05) is 13.8 Å². The molecule has 1 N–H and O–H groups in total. The molecule has 0 bridgehead atoms. The van der Waals surface area contributed by atoms with Crippen molar-refractivity contribution < 1.29 is 18.7 Å². The zero-order valence-electron chi connectivity index (χ0n) is 14.7. The quantitative estimate of drug-likeness (QED) is 0.524. The third-order valence-electron chi connectivity index (χ3n) is 4.04. The van der Waals surface area contributed by atoms with E-state index in [1.165, 1.54) is 18.4 Å². The number of hydrogen-bond donors (Lipinski definition) is 1. The topological polar surface area (TPSA) is 68.5 Å². The van der Waals surface area contributed by atoms with Gasteiger partial charge < -0.3 is 14.5 Å². The van der Waals surface area contributed by atoms with Crippen molar-refractivity contribution in [1.29, 1.82) is 0 Å². The average molecular weight is 424 g/mol. The summed E-state index contributed by atoms with van der Waals surface area (Å²) in [5.74, 6) is -0.378. The summed E-state index contributed by atoms with van der Waals surface area (Å²) in [6, 6.07) is 8.28. The smallest absolute Gasteiger partial charge is 0.341 e. The number of hydrogen-bond acceptors (Lipinski definition) is 5. The van der Waals surface area contributed by atoms with Crippen LogP contribution in [-0.4, -0.2) is 19.0 Å². The molecule has 2 aromatic heterocycles. The maximum absolute atomic E-state index is 12.6. The molecule has 5 nitrogen and oxygen atoms in total. The van der Waals surface area contributed by atoms with Gasteiger partial charge in [0.2, 0.25) is 0 Å². The Labute approximate surface area is 169 Å². The van der Waals surface area contributed by atoms with E-state index in [-0.39, 0.29) is 5.76 Å². The zero-order chi connectivity index (χ0) is 19.7. The number of anilines is 1. The summed E-state index contributed by atoms with van der Waals surface area (Å²) in [6.45, 7) is 3.68. The Kier molecular flexibility index (Phi) is 5.60. The van der Waals surface area contributed by atoms with Crippen LogP contribution in [0.2, 0.25) is 10.0 Å². The number of rotatable bonds is 4. The molecule has 2 heterocycles. The van der Waals surface area contributed by atoms with Gasteiger partial charge in [-0.3, -0.25) is 4.79 Å². The van der Waals surface area contributed by atoms with Crippen LogP contribution in [0.4, 0.5) is 5.00 Å². The number of halogens is 2. The molecule has 0 spiro atoms.